The summed E-state index contributed by atoms with van der Waals surface area (Å²) in [7, 11) is 0. The normalized spacial score (nSPS) is 20.7. The van der Waals surface area contributed by atoms with Crippen LogP contribution in [-0.2, 0) is 6.42 Å². The van der Waals surface area contributed by atoms with Gasteiger partial charge in [0.25, 0.3) is 0 Å². The van der Waals surface area contributed by atoms with E-state index in [0.717, 1.165) is 28.5 Å². The van der Waals surface area contributed by atoms with Crippen molar-refractivity contribution in [3.63, 3.8) is 0 Å². The molecule has 0 bridgehead atoms. The van der Waals surface area contributed by atoms with Gasteiger partial charge in [-0.05, 0) is 29.2 Å². The number of aromatic nitrogens is 1. The van der Waals surface area contributed by atoms with Crippen molar-refractivity contribution in [3.8, 4) is 0 Å². The Labute approximate surface area is 127 Å². The number of para-hydroxylation sites is 1. The zero-order chi connectivity index (χ0) is 15.1. The summed E-state index contributed by atoms with van der Waals surface area (Å²) in [5.41, 5.74) is 4.39. The lowest BCUT2D eigenvalue weighted by atomic mass is 9.76. The molecule has 0 saturated heterocycles. The predicted molar refractivity (Wildman–Crippen MR) is 85.7 cm³/mol. The fourth-order valence-corrected chi connectivity index (χ4v) is 3.70. The number of benzene rings is 2. The summed E-state index contributed by atoms with van der Waals surface area (Å²) in [6.07, 6.45) is 3.31. The first-order valence-electron chi connectivity index (χ1n) is 7.53. The molecule has 110 valence electrons. The highest BCUT2D eigenvalue weighted by Crippen LogP contribution is 2.40. The van der Waals surface area contributed by atoms with Gasteiger partial charge in [-0.3, -0.25) is 10.1 Å². The van der Waals surface area contributed by atoms with Crippen LogP contribution < -0.4 is 0 Å². The molecule has 4 rings (SSSR count). The van der Waals surface area contributed by atoms with E-state index in [9.17, 15) is 10.1 Å². The van der Waals surface area contributed by atoms with Crippen molar-refractivity contribution in [1.29, 1.82) is 0 Å². The van der Waals surface area contributed by atoms with Gasteiger partial charge in [0.2, 0.25) is 6.04 Å². The van der Waals surface area contributed by atoms with Gasteiger partial charge in [0, 0.05) is 28.4 Å². The average molecular weight is 292 g/mol. The highest BCUT2D eigenvalue weighted by molar-refractivity contribution is 5.84. The number of hydrogen-bond donors (Lipinski definition) is 1. The Morgan fingerprint density at radius 3 is 2.68 bits per heavy atom. The van der Waals surface area contributed by atoms with E-state index in [1.165, 1.54) is 5.56 Å². The number of rotatable bonds is 2. The molecule has 2 atom stereocenters. The number of nitrogens with zero attached hydrogens (tertiary/aromatic N) is 1. The van der Waals surface area contributed by atoms with Gasteiger partial charge in [0.15, 0.2) is 0 Å². The van der Waals surface area contributed by atoms with E-state index in [2.05, 4.69) is 11.1 Å². The third-order valence-electron chi connectivity index (χ3n) is 4.71. The van der Waals surface area contributed by atoms with Gasteiger partial charge in [-0.25, -0.2) is 0 Å². The van der Waals surface area contributed by atoms with Crippen molar-refractivity contribution in [2.75, 3.05) is 0 Å². The Morgan fingerprint density at radius 2 is 1.82 bits per heavy atom. The van der Waals surface area contributed by atoms with Gasteiger partial charge < -0.3 is 4.98 Å². The molecule has 2 aromatic carbocycles. The molecular formula is C18H16N2O2. The molecule has 0 aliphatic heterocycles. The van der Waals surface area contributed by atoms with Gasteiger partial charge in [-0.2, -0.15) is 0 Å². The molecule has 0 spiro atoms. The smallest absolute Gasteiger partial charge is 0.224 e. The first kappa shape index (κ1) is 13.1. The van der Waals surface area contributed by atoms with Crippen molar-refractivity contribution >= 4 is 10.9 Å². The van der Waals surface area contributed by atoms with Crippen molar-refractivity contribution in [3.05, 3.63) is 81.5 Å². The van der Waals surface area contributed by atoms with Crippen molar-refractivity contribution < 1.29 is 4.92 Å². The van der Waals surface area contributed by atoms with Crippen molar-refractivity contribution in [2.45, 2.75) is 24.8 Å². The van der Waals surface area contributed by atoms with Crippen LogP contribution in [0.25, 0.3) is 10.9 Å². The number of nitro groups is 1. The topological polar surface area (TPSA) is 58.9 Å². The second kappa shape index (κ2) is 4.98. The van der Waals surface area contributed by atoms with Crippen LogP contribution in [0.3, 0.4) is 0 Å². The maximum atomic E-state index is 11.6. The molecule has 22 heavy (non-hydrogen) atoms. The van der Waals surface area contributed by atoms with Crippen LogP contribution in [0.1, 0.15) is 29.0 Å². The summed E-state index contributed by atoms with van der Waals surface area (Å²) in [5, 5.41) is 12.7. The zero-order valence-corrected chi connectivity index (χ0v) is 12.0. The fourth-order valence-electron chi connectivity index (χ4n) is 3.70. The summed E-state index contributed by atoms with van der Waals surface area (Å²) in [6.45, 7) is 0. The van der Waals surface area contributed by atoms with Gasteiger partial charge in [0.1, 0.15) is 0 Å². The third kappa shape index (κ3) is 1.91. The highest BCUT2D eigenvalue weighted by Gasteiger charge is 2.39. The van der Waals surface area contributed by atoms with Crippen LogP contribution in [0, 0.1) is 10.1 Å². The zero-order valence-electron chi connectivity index (χ0n) is 12.0. The first-order valence-corrected chi connectivity index (χ1v) is 7.53. The van der Waals surface area contributed by atoms with Crippen LogP contribution in [-0.4, -0.2) is 15.9 Å². The lowest BCUT2D eigenvalue weighted by Gasteiger charge is -2.28. The molecule has 0 amide bonds. The predicted octanol–water partition coefficient (Wildman–Crippen LogP) is 3.89. The van der Waals surface area contributed by atoms with Crippen LogP contribution >= 0.6 is 0 Å². The van der Waals surface area contributed by atoms with Crippen molar-refractivity contribution in [1.82, 2.24) is 4.98 Å². The van der Waals surface area contributed by atoms with Crippen LogP contribution in [0.5, 0.6) is 0 Å². The quantitative estimate of drug-likeness (QED) is 0.575. The number of aromatic amines is 1. The second-order valence-electron chi connectivity index (χ2n) is 5.86. The molecule has 0 unspecified atom stereocenters. The lowest BCUT2D eigenvalue weighted by molar-refractivity contribution is -0.526. The molecule has 1 aliphatic carbocycles. The molecule has 1 N–H and O–H groups in total. The molecule has 3 aromatic rings. The summed E-state index contributed by atoms with van der Waals surface area (Å²) in [5.74, 6) is -0.184. The Bertz CT molecular complexity index is 853. The fraction of sp³-hybridized carbons (Fsp3) is 0.222. The highest BCUT2D eigenvalue weighted by atomic mass is 16.6. The summed E-state index contributed by atoms with van der Waals surface area (Å²) >= 11 is 0. The molecular weight excluding hydrogens is 276 g/mol. The summed E-state index contributed by atoms with van der Waals surface area (Å²) in [6, 6.07) is 15.6. The van der Waals surface area contributed by atoms with E-state index in [1.54, 1.807) is 0 Å². The second-order valence-corrected chi connectivity index (χ2v) is 5.86. The van der Waals surface area contributed by atoms with Crippen LogP contribution in [0.4, 0.5) is 0 Å². The van der Waals surface area contributed by atoms with Crippen LogP contribution in [0.15, 0.2) is 54.7 Å². The number of nitrogens with one attached hydrogen (secondary N) is 1. The third-order valence-corrected chi connectivity index (χ3v) is 4.71. The van der Waals surface area contributed by atoms with E-state index in [0.29, 0.717) is 6.42 Å². The van der Waals surface area contributed by atoms with E-state index in [-0.39, 0.29) is 10.8 Å². The lowest BCUT2D eigenvalue weighted by Crippen LogP contribution is -2.33. The van der Waals surface area contributed by atoms with Gasteiger partial charge in [-0.1, -0.05) is 42.5 Å². The van der Waals surface area contributed by atoms with E-state index < -0.39 is 6.04 Å². The maximum Gasteiger partial charge on any atom is 0.224 e. The first-order chi connectivity index (χ1) is 10.8. The van der Waals surface area contributed by atoms with E-state index in [1.807, 2.05) is 48.7 Å². The van der Waals surface area contributed by atoms with Gasteiger partial charge in [-0.15, -0.1) is 0 Å². The minimum atomic E-state index is -0.561. The Balaban J connectivity index is 1.94. The van der Waals surface area contributed by atoms with E-state index >= 15 is 0 Å². The monoisotopic (exact) mass is 292 g/mol. The minimum absolute atomic E-state index is 0.109. The largest absolute Gasteiger partial charge is 0.361 e. The summed E-state index contributed by atoms with van der Waals surface area (Å²) < 4.78 is 0. The minimum Gasteiger partial charge on any atom is -0.361 e. The SMILES string of the molecule is O=[N+]([O-])[C@H]1CCc2ccccc2[C@@H]1c1c[nH]c2ccccc12. The summed E-state index contributed by atoms with van der Waals surface area (Å²) in [4.78, 5) is 14.7. The maximum absolute atomic E-state index is 11.6. The molecule has 0 saturated carbocycles. The Hall–Kier alpha value is -2.62. The molecule has 1 aliphatic rings. The number of aryl methyl sites for hydroxylation is 1. The van der Waals surface area contributed by atoms with Crippen LogP contribution in [0.2, 0.25) is 0 Å². The van der Waals surface area contributed by atoms with Gasteiger partial charge >= 0.3 is 0 Å². The molecule has 1 heterocycles. The van der Waals surface area contributed by atoms with Crippen molar-refractivity contribution in [2.24, 2.45) is 0 Å². The molecule has 0 fully saturated rings. The molecule has 0 radical (unpaired) electrons. The molecule has 1 aromatic heterocycles. The Morgan fingerprint density at radius 1 is 1.05 bits per heavy atom. The Kier molecular flexibility index (Phi) is 2.96. The molecule has 4 nitrogen and oxygen atoms in total. The molecule has 4 heteroatoms. The number of hydrogen-bond acceptors (Lipinski definition) is 2. The average Bonchev–Trinajstić information content (AvgIpc) is 2.97. The van der Waals surface area contributed by atoms with E-state index in [4.69, 9.17) is 0 Å². The number of H-pyrrole nitrogens is 1. The van der Waals surface area contributed by atoms with Gasteiger partial charge in [0.05, 0.1) is 5.92 Å². The number of fused-ring (bicyclic) bond motifs is 2. The standard InChI is InChI=1S/C18H16N2O2/c21-20(22)17-10-9-12-5-1-2-6-13(12)18(17)15-11-19-16-8-4-3-7-14(15)16/h1-8,11,17-19H,9-10H2/t17-,18+/m0/s1.